The minimum atomic E-state index is -0.541. The molecule has 0 spiro atoms. The first-order valence-corrected chi connectivity index (χ1v) is 11.2. The lowest BCUT2D eigenvalue weighted by Gasteiger charge is -2.55. The average molecular weight is 412 g/mol. The van der Waals surface area contributed by atoms with Crippen LogP contribution in [0.2, 0.25) is 0 Å². The number of nitrogens with zero attached hydrogens (tertiary/aromatic N) is 1. The van der Waals surface area contributed by atoms with E-state index in [0.29, 0.717) is 29.9 Å². The molecule has 0 heterocycles. The van der Waals surface area contributed by atoms with Crippen LogP contribution in [0.15, 0.2) is 24.3 Å². The molecule has 0 aliphatic heterocycles. The van der Waals surface area contributed by atoms with Crippen molar-refractivity contribution in [2.45, 2.75) is 58.0 Å². The molecule has 1 aromatic rings. The van der Waals surface area contributed by atoms with E-state index in [9.17, 15) is 14.4 Å². The predicted molar refractivity (Wildman–Crippen MR) is 115 cm³/mol. The molecule has 5 rings (SSSR count). The zero-order valence-electron chi connectivity index (χ0n) is 18.2. The Kier molecular flexibility index (Phi) is 5.60. The summed E-state index contributed by atoms with van der Waals surface area (Å²) in [5.41, 5.74) is 1.29. The zero-order chi connectivity index (χ0) is 21.5. The number of benzene rings is 1. The molecule has 0 aromatic heterocycles. The van der Waals surface area contributed by atoms with Gasteiger partial charge < -0.3 is 15.5 Å². The normalized spacial score (nSPS) is 29.9. The fraction of sp³-hybridized carbons (Fsp3) is 0.625. The lowest BCUT2D eigenvalue weighted by Crippen LogP contribution is -2.56. The summed E-state index contributed by atoms with van der Waals surface area (Å²) < 4.78 is 0. The van der Waals surface area contributed by atoms with Gasteiger partial charge in [-0.1, -0.05) is 12.1 Å². The third kappa shape index (κ3) is 3.96. The van der Waals surface area contributed by atoms with E-state index in [4.69, 9.17) is 0 Å². The van der Waals surface area contributed by atoms with Crippen LogP contribution in [-0.2, 0) is 16.1 Å². The van der Waals surface area contributed by atoms with Gasteiger partial charge in [0.05, 0.1) is 0 Å². The highest BCUT2D eigenvalue weighted by molar-refractivity contribution is 5.94. The van der Waals surface area contributed by atoms with Crippen LogP contribution in [-0.4, -0.2) is 42.8 Å². The average Bonchev–Trinajstić information content (AvgIpc) is 2.72. The molecule has 6 heteroatoms. The Morgan fingerprint density at radius 2 is 1.57 bits per heavy atom. The van der Waals surface area contributed by atoms with Crippen molar-refractivity contribution in [1.29, 1.82) is 0 Å². The van der Waals surface area contributed by atoms with Gasteiger partial charge in [-0.05, 0) is 80.9 Å². The van der Waals surface area contributed by atoms with E-state index >= 15 is 0 Å². The molecule has 2 N–H and O–H groups in total. The molecule has 162 valence electrons. The van der Waals surface area contributed by atoms with Crippen LogP contribution in [0.4, 0.5) is 0 Å². The number of likely N-dealkylation sites (N-methyl/N-ethyl adjacent to an activating group) is 1. The van der Waals surface area contributed by atoms with Gasteiger partial charge in [-0.3, -0.25) is 14.4 Å². The molecular formula is C24H33N3O3. The van der Waals surface area contributed by atoms with E-state index in [1.54, 1.807) is 38.1 Å². The Balaban J connectivity index is 1.34. The lowest BCUT2D eigenvalue weighted by molar-refractivity contribution is -0.149. The van der Waals surface area contributed by atoms with Gasteiger partial charge in [-0.2, -0.15) is 0 Å². The highest BCUT2D eigenvalue weighted by Gasteiger charge is 2.54. The number of hydrogen-bond acceptors (Lipinski definition) is 3. The summed E-state index contributed by atoms with van der Waals surface area (Å²) in [6, 6.07) is 6.68. The van der Waals surface area contributed by atoms with Gasteiger partial charge in [0.25, 0.3) is 5.91 Å². The number of rotatable bonds is 6. The van der Waals surface area contributed by atoms with Gasteiger partial charge in [-0.15, -0.1) is 0 Å². The predicted octanol–water partition coefficient (Wildman–Crippen LogP) is 2.73. The second-order valence-corrected chi connectivity index (χ2v) is 9.86. The summed E-state index contributed by atoms with van der Waals surface area (Å²) in [6.07, 6.45) is 6.88. The van der Waals surface area contributed by atoms with Crippen LogP contribution in [0.5, 0.6) is 0 Å². The third-order valence-corrected chi connectivity index (χ3v) is 7.48. The minimum Gasteiger partial charge on any atom is -0.355 e. The number of carbonyl (C=O) groups excluding carboxylic acids is 3. The van der Waals surface area contributed by atoms with Gasteiger partial charge in [0.2, 0.25) is 11.8 Å². The summed E-state index contributed by atoms with van der Waals surface area (Å²) in [5.74, 6) is 1.97. The first-order chi connectivity index (χ1) is 14.3. The molecule has 4 bridgehead atoms. The Morgan fingerprint density at radius 3 is 2.07 bits per heavy atom. The Hall–Kier alpha value is -2.37. The van der Waals surface area contributed by atoms with Gasteiger partial charge in [0.15, 0.2) is 0 Å². The number of nitrogens with one attached hydrogen (secondary N) is 2. The summed E-state index contributed by atoms with van der Waals surface area (Å²) in [7, 11) is 3.35. The SMILES string of the molecule is CNC(=O)c1ccc(CN(C)C(=O)[C@H](C)NC(=O)C23CC4CC(CC(C4)C2)C3)cc1. The van der Waals surface area contributed by atoms with Gasteiger partial charge in [0, 0.05) is 31.6 Å². The van der Waals surface area contributed by atoms with Crippen LogP contribution in [0.3, 0.4) is 0 Å². The largest absolute Gasteiger partial charge is 0.355 e. The molecule has 6 nitrogen and oxygen atoms in total. The quantitative estimate of drug-likeness (QED) is 0.756. The Morgan fingerprint density at radius 1 is 1.03 bits per heavy atom. The van der Waals surface area contributed by atoms with Crippen molar-refractivity contribution in [3.63, 3.8) is 0 Å². The second kappa shape index (κ2) is 8.05. The molecule has 4 aliphatic rings. The Labute approximate surface area is 178 Å². The standard InChI is InChI=1S/C24H33N3O3/c1-15(22(29)27(3)14-16-4-6-20(7-5-16)21(28)25-2)26-23(30)24-11-17-8-18(12-24)10-19(9-17)13-24/h4-7,15,17-19H,8-14H2,1-3H3,(H,25,28)(H,26,30)/t15-,17?,18?,19?,24?/m0/s1. The van der Waals surface area contributed by atoms with Crippen LogP contribution in [0, 0.1) is 23.2 Å². The smallest absolute Gasteiger partial charge is 0.251 e. The molecule has 1 atom stereocenters. The summed E-state index contributed by atoms with van der Waals surface area (Å²) in [5, 5.41) is 5.65. The van der Waals surface area contributed by atoms with E-state index in [1.807, 2.05) is 12.1 Å². The molecule has 0 radical (unpaired) electrons. The molecule has 4 saturated carbocycles. The molecule has 4 aliphatic carbocycles. The van der Waals surface area contributed by atoms with Crippen LogP contribution in [0.1, 0.15) is 61.4 Å². The summed E-state index contributed by atoms with van der Waals surface area (Å²) in [6.45, 7) is 2.22. The van der Waals surface area contributed by atoms with Gasteiger partial charge in [-0.25, -0.2) is 0 Å². The van der Waals surface area contributed by atoms with Crippen LogP contribution >= 0.6 is 0 Å². The van der Waals surface area contributed by atoms with Crippen molar-refractivity contribution < 1.29 is 14.4 Å². The first kappa shape index (κ1) is 20.9. The first-order valence-electron chi connectivity index (χ1n) is 11.2. The second-order valence-electron chi connectivity index (χ2n) is 9.86. The van der Waals surface area contributed by atoms with Crippen molar-refractivity contribution in [3.05, 3.63) is 35.4 Å². The topological polar surface area (TPSA) is 78.5 Å². The van der Waals surface area contributed by atoms with E-state index in [1.165, 1.54) is 19.3 Å². The third-order valence-electron chi connectivity index (χ3n) is 7.48. The molecule has 0 saturated heterocycles. The van der Waals surface area contributed by atoms with Crippen molar-refractivity contribution in [1.82, 2.24) is 15.5 Å². The summed E-state index contributed by atoms with van der Waals surface area (Å²) >= 11 is 0. The lowest BCUT2D eigenvalue weighted by atomic mass is 9.49. The number of amides is 3. The van der Waals surface area contributed by atoms with E-state index in [0.717, 1.165) is 24.8 Å². The van der Waals surface area contributed by atoms with E-state index in [-0.39, 0.29) is 23.1 Å². The molecule has 4 fully saturated rings. The van der Waals surface area contributed by atoms with Gasteiger partial charge >= 0.3 is 0 Å². The maximum atomic E-state index is 13.2. The fourth-order valence-corrected chi connectivity index (χ4v) is 6.39. The molecule has 1 aromatic carbocycles. The summed E-state index contributed by atoms with van der Waals surface area (Å²) in [4.78, 5) is 39.4. The zero-order valence-corrected chi connectivity index (χ0v) is 18.2. The van der Waals surface area contributed by atoms with Crippen molar-refractivity contribution in [2.24, 2.45) is 23.2 Å². The van der Waals surface area contributed by atoms with Gasteiger partial charge in [0.1, 0.15) is 6.04 Å². The van der Waals surface area contributed by atoms with Crippen LogP contribution in [0.25, 0.3) is 0 Å². The molecule has 30 heavy (non-hydrogen) atoms. The molecule has 0 unspecified atom stereocenters. The highest BCUT2D eigenvalue weighted by Crippen LogP contribution is 2.60. The van der Waals surface area contributed by atoms with Crippen molar-refractivity contribution in [3.8, 4) is 0 Å². The van der Waals surface area contributed by atoms with E-state index < -0.39 is 6.04 Å². The molecule has 3 amide bonds. The van der Waals surface area contributed by atoms with Crippen molar-refractivity contribution >= 4 is 17.7 Å². The monoisotopic (exact) mass is 411 g/mol. The van der Waals surface area contributed by atoms with E-state index in [2.05, 4.69) is 10.6 Å². The number of carbonyl (C=O) groups is 3. The molecular weight excluding hydrogens is 378 g/mol. The van der Waals surface area contributed by atoms with Crippen LogP contribution < -0.4 is 10.6 Å². The fourth-order valence-electron chi connectivity index (χ4n) is 6.39. The Bertz CT molecular complexity index is 797. The van der Waals surface area contributed by atoms with Crippen molar-refractivity contribution in [2.75, 3.05) is 14.1 Å². The number of hydrogen-bond donors (Lipinski definition) is 2. The maximum Gasteiger partial charge on any atom is 0.251 e. The minimum absolute atomic E-state index is 0.0887. The highest BCUT2D eigenvalue weighted by atomic mass is 16.2. The maximum absolute atomic E-state index is 13.2.